The largest absolute Gasteiger partial charge is 0.382 e. The Balaban J connectivity index is 1.80. The molecular formula is C18H25N3O4. The summed E-state index contributed by atoms with van der Waals surface area (Å²) < 4.78 is 5.45. The summed E-state index contributed by atoms with van der Waals surface area (Å²) in [6, 6.07) is 5.02. The predicted molar refractivity (Wildman–Crippen MR) is 94.9 cm³/mol. The van der Waals surface area contributed by atoms with Gasteiger partial charge in [-0.3, -0.25) is 14.9 Å². The Labute approximate surface area is 147 Å². The number of benzene rings is 1. The Morgan fingerprint density at radius 1 is 1.28 bits per heavy atom. The molecule has 1 saturated carbocycles. The number of ether oxygens (including phenoxy) is 1. The number of hydrogen-bond donors (Lipinski definition) is 1. The maximum Gasteiger partial charge on any atom is 0.282 e. The van der Waals surface area contributed by atoms with Crippen LogP contribution in [0.1, 0.15) is 48.9 Å². The lowest BCUT2D eigenvalue weighted by molar-refractivity contribution is -0.385. The number of methoxy groups -OCH3 is 1. The van der Waals surface area contributed by atoms with Crippen LogP contribution < -0.4 is 5.32 Å². The monoisotopic (exact) mass is 347 g/mol. The lowest BCUT2D eigenvalue weighted by Gasteiger charge is -2.29. The summed E-state index contributed by atoms with van der Waals surface area (Å²) in [7, 11) is 1.73. The molecule has 1 aromatic carbocycles. The number of likely N-dealkylation sites (tertiary alicyclic amines) is 1. The summed E-state index contributed by atoms with van der Waals surface area (Å²) in [6.45, 7) is 1.34. The first kappa shape index (κ1) is 17.7. The Bertz CT molecular complexity index is 643. The van der Waals surface area contributed by atoms with Gasteiger partial charge in [-0.05, 0) is 50.7 Å². The van der Waals surface area contributed by atoms with E-state index < -0.39 is 4.92 Å². The highest BCUT2D eigenvalue weighted by Gasteiger charge is 2.28. The van der Waals surface area contributed by atoms with Gasteiger partial charge < -0.3 is 15.0 Å². The number of amides is 1. The first-order valence-corrected chi connectivity index (χ1v) is 8.95. The fourth-order valence-electron chi connectivity index (χ4n) is 3.77. The second kappa shape index (κ2) is 7.82. The standard InChI is InChI=1S/C18H25N3O4/c1-25-15-6-4-5-13(11-15)19-14-7-8-17(21(23)24)16(12-14)18(22)20-9-2-3-10-20/h7-8,12-13,15,19H,2-6,9-11H2,1H3. The van der Waals surface area contributed by atoms with Gasteiger partial charge in [0.1, 0.15) is 5.56 Å². The molecule has 2 unspecified atom stereocenters. The number of carbonyl (C=O) groups excluding carboxylic acids is 1. The number of nitro benzene ring substituents is 1. The van der Waals surface area contributed by atoms with Crippen molar-refractivity contribution in [2.75, 3.05) is 25.5 Å². The van der Waals surface area contributed by atoms with Crippen molar-refractivity contribution in [1.82, 2.24) is 4.90 Å². The number of rotatable bonds is 5. The summed E-state index contributed by atoms with van der Waals surface area (Å²) in [6.07, 6.45) is 6.25. The zero-order valence-corrected chi connectivity index (χ0v) is 14.6. The van der Waals surface area contributed by atoms with E-state index in [4.69, 9.17) is 4.74 Å². The number of nitro groups is 1. The van der Waals surface area contributed by atoms with Crippen LogP contribution in [0, 0.1) is 10.1 Å². The Kier molecular flexibility index (Phi) is 5.53. The quantitative estimate of drug-likeness (QED) is 0.653. The molecule has 2 aliphatic rings. The van der Waals surface area contributed by atoms with Crippen LogP contribution in [0.15, 0.2) is 18.2 Å². The van der Waals surface area contributed by atoms with Gasteiger partial charge in [0.2, 0.25) is 0 Å². The first-order valence-electron chi connectivity index (χ1n) is 8.95. The van der Waals surface area contributed by atoms with Crippen molar-refractivity contribution in [3.05, 3.63) is 33.9 Å². The van der Waals surface area contributed by atoms with Gasteiger partial charge in [-0.15, -0.1) is 0 Å². The molecule has 0 radical (unpaired) electrons. The molecule has 2 fully saturated rings. The van der Waals surface area contributed by atoms with Gasteiger partial charge in [-0.2, -0.15) is 0 Å². The first-order chi connectivity index (χ1) is 12.1. The maximum atomic E-state index is 12.7. The molecule has 1 saturated heterocycles. The summed E-state index contributed by atoms with van der Waals surface area (Å²) in [5, 5.41) is 14.7. The molecule has 25 heavy (non-hydrogen) atoms. The number of nitrogens with zero attached hydrogens (tertiary/aromatic N) is 2. The molecular weight excluding hydrogens is 322 g/mol. The van der Waals surface area contributed by atoms with Crippen molar-refractivity contribution >= 4 is 17.3 Å². The molecule has 1 aliphatic heterocycles. The molecule has 7 heteroatoms. The number of hydrogen-bond acceptors (Lipinski definition) is 5. The summed E-state index contributed by atoms with van der Waals surface area (Å²) in [5.74, 6) is -0.244. The Hall–Kier alpha value is -2.15. The lowest BCUT2D eigenvalue weighted by Crippen LogP contribution is -2.31. The summed E-state index contributed by atoms with van der Waals surface area (Å²) in [5.41, 5.74) is 0.812. The SMILES string of the molecule is COC1CCCC(Nc2ccc([N+](=O)[O-])c(C(=O)N3CCCC3)c2)C1. The Morgan fingerprint density at radius 3 is 2.72 bits per heavy atom. The van der Waals surface area contributed by atoms with Gasteiger partial charge in [-0.1, -0.05) is 0 Å². The maximum absolute atomic E-state index is 12.7. The molecule has 1 aromatic rings. The predicted octanol–water partition coefficient (Wildman–Crippen LogP) is 3.20. The van der Waals surface area contributed by atoms with Gasteiger partial charge in [0.05, 0.1) is 11.0 Å². The Morgan fingerprint density at radius 2 is 2.04 bits per heavy atom. The zero-order valence-electron chi connectivity index (χ0n) is 14.6. The van der Waals surface area contributed by atoms with Crippen molar-refractivity contribution in [2.24, 2.45) is 0 Å². The van der Waals surface area contributed by atoms with E-state index in [0.717, 1.165) is 44.2 Å². The highest BCUT2D eigenvalue weighted by molar-refractivity contribution is 5.99. The molecule has 0 aromatic heterocycles. The second-order valence-corrected chi connectivity index (χ2v) is 6.85. The van der Waals surface area contributed by atoms with E-state index >= 15 is 0 Å². The van der Waals surface area contributed by atoms with Gasteiger partial charge in [0, 0.05) is 38.0 Å². The summed E-state index contributed by atoms with van der Waals surface area (Å²) in [4.78, 5) is 25.2. The minimum absolute atomic E-state index is 0.124. The molecule has 1 aliphatic carbocycles. The van der Waals surface area contributed by atoms with E-state index in [-0.39, 0.29) is 29.3 Å². The van der Waals surface area contributed by atoms with Gasteiger partial charge in [-0.25, -0.2) is 0 Å². The van der Waals surface area contributed by atoms with Crippen LogP contribution in [-0.2, 0) is 4.74 Å². The topological polar surface area (TPSA) is 84.7 Å². The van der Waals surface area contributed by atoms with Crippen LogP contribution in [0.2, 0.25) is 0 Å². The van der Waals surface area contributed by atoms with Crippen molar-refractivity contribution in [2.45, 2.75) is 50.7 Å². The third-order valence-electron chi connectivity index (χ3n) is 5.15. The second-order valence-electron chi connectivity index (χ2n) is 6.85. The highest BCUT2D eigenvalue weighted by Crippen LogP contribution is 2.28. The van der Waals surface area contributed by atoms with Crippen LogP contribution in [0.3, 0.4) is 0 Å². The molecule has 0 spiro atoms. The van der Waals surface area contributed by atoms with Crippen molar-refractivity contribution in [3.8, 4) is 0 Å². The van der Waals surface area contributed by atoms with Crippen LogP contribution in [0.25, 0.3) is 0 Å². The number of anilines is 1. The molecule has 2 atom stereocenters. The van der Waals surface area contributed by atoms with Gasteiger partial charge in [0.25, 0.3) is 11.6 Å². The minimum atomic E-state index is -0.478. The average Bonchev–Trinajstić information content (AvgIpc) is 3.15. The lowest BCUT2D eigenvalue weighted by atomic mass is 9.92. The third kappa shape index (κ3) is 4.10. The van der Waals surface area contributed by atoms with E-state index in [2.05, 4.69) is 5.32 Å². The minimum Gasteiger partial charge on any atom is -0.382 e. The molecule has 7 nitrogen and oxygen atoms in total. The summed E-state index contributed by atoms with van der Waals surface area (Å²) >= 11 is 0. The molecule has 0 bridgehead atoms. The highest BCUT2D eigenvalue weighted by atomic mass is 16.6. The van der Waals surface area contributed by atoms with E-state index in [9.17, 15) is 14.9 Å². The molecule has 3 rings (SSSR count). The zero-order chi connectivity index (χ0) is 17.8. The molecule has 136 valence electrons. The van der Waals surface area contributed by atoms with Crippen molar-refractivity contribution in [3.63, 3.8) is 0 Å². The number of nitrogens with one attached hydrogen (secondary N) is 1. The molecule has 1 heterocycles. The molecule has 1 amide bonds. The van der Waals surface area contributed by atoms with E-state index in [1.54, 1.807) is 24.1 Å². The smallest absolute Gasteiger partial charge is 0.282 e. The van der Waals surface area contributed by atoms with Gasteiger partial charge in [0.15, 0.2) is 0 Å². The van der Waals surface area contributed by atoms with E-state index in [0.29, 0.717) is 13.1 Å². The normalized spacial score (nSPS) is 23.5. The van der Waals surface area contributed by atoms with Crippen LogP contribution in [0.5, 0.6) is 0 Å². The third-order valence-corrected chi connectivity index (χ3v) is 5.15. The van der Waals surface area contributed by atoms with E-state index in [1.165, 1.54) is 6.07 Å². The fraction of sp³-hybridized carbons (Fsp3) is 0.611. The van der Waals surface area contributed by atoms with E-state index in [1.807, 2.05) is 0 Å². The fourth-order valence-corrected chi connectivity index (χ4v) is 3.77. The van der Waals surface area contributed by atoms with Crippen molar-refractivity contribution < 1.29 is 14.5 Å². The van der Waals surface area contributed by atoms with Crippen LogP contribution >= 0.6 is 0 Å². The molecule has 1 N–H and O–H groups in total. The van der Waals surface area contributed by atoms with Crippen LogP contribution in [0.4, 0.5) is 11.4 Å². The average molecular weight is 347 g/mol. The number of carbonyl (C=O) groups is 1. The van der Waals surface area contributed by atoms with Crippen LogP contribution in [-0.4, -0.2) is 48.1 Å². The van der Waals surface area contributed by atoms with Crippen molar-refractivity contribution in [1.29, 1.82) is 0 Å². The van der Waals surface area contributed by atoms with Gasteiger partial charge >= 0.3 is 0 Å².